The second-order valence-corrected chi connectivity index (χ2v) is 20.0. The average molecular weight is 929 g/mol. The topological polar surface area (TPSA) is 21.8 Å². The number of benzene rings is 8. The van der Waals surface area contributed by atoms with Crippen LogP contribution in [0.25, 0.3) is 21.5 Å². The first-order valence-electron chi connectivity index (χ1n) is 26.0. The summed E-state index contributed by atoms with van der Waals surface area (Å²) in [6.07, 6.45) is 21.4. The zero-order chi connectivity index (χ0) is 48.7. The molecule has 8 aromatic rings. The van der Waals surface area contributed by atoms with Crippen LogP contribution in [0.1, 0.15) is 89.3 Å². The molecule has 0 fully saturated rings. The van der Waals surface area contributed by atoms with Gasteiger partial charge in [-0.3, -0.25) is 0 Å². The molecule has 10 rings (SSSR count). The zero-order valence-corrected chi connectivity index (χ0v) is 42.3. The molecule has 0 aliphatic heterocycles. The molecule has 0 saturated carbocycles. The third kappa shape index (κ3) is 9.95. The van der Waals surface area contributed by atoms with E-state index in [2.05, 4.69) is 267 Å². The standard InChI is InChI=1S/C67H68N4/c1-6-7-27-50(3)70(56-36-20-11-21-37-56)66-61-44-49(2)64(67(4,5)52-30-26-33-54(45-52)68-53-31-16-9-17-32-53)47-63(61)65(69(55-34-18-10-19-35-55)48-51-28-14-8-15-29-51)60-43-42-59(46-62(60)66)71(57-38-22-12-23-39-57)58-40-24-13-25-41-58/h8-14,16-18,20-26,28,30-34,36-47,50,68H,6-7,15,19,27,29,35,48H2,1-5H3. The summed E-state index contributed by atoms with van der Waals surface area (Å²) >= 11 is 0. The van der Waals surface area contributed by atoms with Gasteiger partial charge >= 0.3 is 0 Å². The Bertz CT molecular complexity index is 3200. The molecule has 1 unspecified atom stereocenters. The monoisotopic (exact) mass is 929 g/mol. The molecule has 4 nitrogen and oxygen atoms in total. The predicted octanol–water partition coefficient (Wildman–Crippen LogP) is 18.9. The molecule has 0 spiro atoms. The number of hydrogen-bond acceptors (Lipinski definition) is 4. The first kappa shape index (κ1) is 47.1. The molecule has 71 heavy (non-hydrogen) atoms. The molecule has 0 heterocycles. The van der Waals surface area contributed by atoms with Crippen molar-refractivity contribution in [3.05, 3.63) is 240 Å². The van der Waals surface area contributed by atoms with E-state index >= 15 is 0 Å². The van der Waals surface area contributed by atoms with Gasteiger partial charge in [0, 0.05) is 79.4 Å². The minimum atomic E-state index is -0.337. The second kappa shape index (κ2) is 21.2. The maximum Gasteiger partial charge on any atom is 0.0575 e. The number of para-hydroxylation sites is 4. The summed E-state index contributed by atoms with van der Waals surface area (Å²) in [6, 6.07) is 65.1. The van der Waals surface area contributed by atoms with Crippen LogP contribution in [0.2, 0.25) is 0 Å². The Kier molecular flexibility index (Phi) is 14.1. The number of nitrogens with one attached hydrogen (secondary N) is 1. The van der Waals surface area contributed by atoms with Crippen molar-refractivity contribution < 1.29 is 0 Å². The Hall–Kier alpha value is -7.56. The molecule has 0 aromatic heterocycles. The Morgan fingerprint density at radius 1 is 0.563 bits per heavy atom. The normalized spacial score (nSPS) is 14.0. The van der Waals surface area contributed by atoms with Crippen molar-refractivity contribution in [2.75, 3.05) is 26.6 Å². The summed E-state index contributed by atoms with van der Waals surface area (Å²) < 4.78 is 0. The van der Waals surface area contributed by atoms with Gasteiger partial charge in [-0.1, -0.05) is 161 Å². The van der Waals surface area contributed by atoms with Crippen molar-refractivity contribution >= 4 is 67.0 Å². The van der Waals surface area contributed by atoms with E-state index in [0.717, 1.165) is 79.9 Å². The first-order valence-corrected chi connectivity index (χ1v) is 26.0. The molecular formula is C67H68N4. The summed E-state index contributed by atoms with van der Waals surface area (Å²) in [7, 11) is 0. The van der Waals surface area contributed by atoms with Crippen LogP contribution in [0.15, 0.2) is 224 Å². The number of rotatable bonds is 17. The highest BCUT2D eigenvalue weighted by molar-refractivity contribution is 6.22. The van der Waals surface area contributed by atoms with Crippen LogP contribution in [-0.2, 0) is 5.41 Å². The van der Waals surface area contributed by atoms with Crippen molar-refractivity contribution in [1.82, 2.24) is 0 Å². The summed E-state index contributed by atoms with van der Waals surface area (Å²) in [5, 5.41) is 8.74. The first-order chi connectivity index (χ1) is 34.8. The van der Waals surface area contributed by atoms with E-state index in [-0.39, 0.29) is 11.5 Å². The zero-order valence-electron chi connectivity index (χ0n) is 42.3. The number of anilines is 8. The van der Waals surface area contributed by atoms with Gasteiger partial charge in [-0.15, -0.1) is 0 Å². The van der Waals surface area contributed by atoms with E-state index in [0.29, 0.717) is 0 Å². The Morgan fingerprint density at radius 3 is 1.80 bits per heavy atom. The fourth-order valence-electron chi connectivity index (χ4n) is 11.1. The van der Waals surface area contributed by atoms with Crippen LogP contribution in [0.3, 0.4) is 0 Å². The molecule has 1 atom stereocenters. The molecule has 356 valence electrons. The number of unbranched alkanes of at least 4 members (excludes halogenated alkanes) is 1. The van der Waals surface area contributed by atoms with Crippen molar-refractivity contribution in [1.29, 1.82) is 0 Å². The minimum absolute atomic E-state index is 0.218. The van der Waals surface area contributed by atoms with E-state index in [1.807, 2.05) is 0 Å². The van der Waals surface area contributed by atoms with E-state index in [4.69, 9.17) is 0 Å². The molecular weight excluding hydrogens is 861 g/mol. The molecule has 2 aliphatic rings. The summed E-state index contributed by atoms with van der Waals surface area (Å²) in [5.74, 6) is 0. The summed E-state index contributed by atoms with van der Waals surface area (Å²) in [5.41, 5.74) is 15.6. The fraction of sp³-hybridized carbons (Fsp3) is 0.224. The van der Waals surface area contributed by atoms with Crippen LogP contribution >= 0.6 is 0 Å². The summed E-state index contributed by atoms with van der Waals surface area (Å²) in [6.45, 7) is 12.7. The van der Waals surface area contributed by atoms with Gasteiger partial charge in [0.1, 0.15) is 0 Å². The van der Waals surface area contributed by atoms with Crippen LogP contribution in [0.5, 0.6) is 0 Å². The maximum atomic E-state index is 3.69. The molecule has 0 saturated heterocycles. The number of fused-ring (bicyclic) bond motifs is 2. The van der Waals surface area contributed by atoms with Crippen LogP contribution in [-0.4, -0.2) is 12.6 Å². The molecule has 0 bridgehead atoms. The van der Waals surface area contributed by atoms with Crippen molar-refractivity contribution in [3.8, 4) is 0 Å². The lowest BCUT2D eigenvalue weighted by molar-refractivity contribution is 0.604. The molecule has 1 N–H and O–H groups in total. The van der Waals surface area contributed by atoms with E-state index in [9.17, 15) is 0 Å². The molecule has 0 radical (unpaired) electrons. The SMILES string of the molecule is CCCCC(C)N(c1ccccc1)c1c2cc(N(c3ccccc3)c3ccccc3)ccc2c(N(CC2=CC=CCC2)C2=CC=CCC2)c2cc(C(C)(C)c3cccc(Nc4ccccc4)c3)c(C)cc12. The third-order valence-corrected chi connectivity index (χ3v) is 14.8. The third-order valence-electron chi connectivity index (χ3n) is 14.8. The van der Waals surface area contributed by atoms with Crippen LogP contribution < -0.4 is 20.0 Å². The van der Waals surface area contributed by atoms with Crippen molar-refractivity contribution in [2.24, 2.45) is 0 Å². The molecule has 4 heteroatoms. The van der Waals surface area contributed by atoms with Crippen LogP contribution in [0, 0.1) is 6.92 Å². The Balaban J connectivity index is 1.31. The number of allylic oxidation sites excluding steroid dienone is 7. The van der Waals surface area contributed by atoms with Gasteiger partial charge in [0.25, 0.3) is 0 Å². The minimum Gasteiger partial charge on any atom is -0.356 e. The highest BCUT2D eigenvalue weighted by Crippen LogP contribution is 2.52. The number of hydrogen-bond donors (Lipinski definition) is 1. The lowest BCUT2D eigenvalue weighted by atomic mass is 9.75. The van der Waals surface area contributed by atoms with E-state index < -0.39 is 0 Å². The van der Waals surface area contributed by atoms with Crippen LogP contribution in [0.4, 0.5) is 45.5 Å². The summed E-state index contributed by atoms with van der Waals surface area (Å²) in [4.78, 5) is 7.82. The fourth-order valence-corrected chi connectivity index (χ4v) is 11.1. The van der Waals surface area contributed by atoms with Gasteiger partial charge in [-0.05, 0) is 154 Å². The largest absolute Gasteiger partial charge is 0.356 e. The lowest BCUT2D eigenvalue weighted by Gasteiger charge is -2.38. The number of nitrogens with zero attached hydrogens (tertiary/aromatic N) is 3. The predicted molar refractivity (Wildman–Crippen MR) is 307 cm³/mol. The quantitative estimate of drug-likeness (QED) is 0.0725. The lowest BCUT2D eigenvalue weighted by Crippen LogP contribution is -2.30. The highest BCUT2D eigenvalue weighted by Gasteiger charge is 2.32. The Morgan fingerprint density at radius 2 is 1.17 bits per heavy atom. The van der Waals surface area contributed by atoms with Gasteiger partial charge in [0.2, 0.25) is 0 Å². The van der Waals surface area contributed by atoms with E-state index in [1.54, 1.807) is 0 Å². The highest BCUT2D eigenvalue weighted by atomic mass is 15.2. The van der Waals surface area contributed by atoms with Gasteiger partial charge in [-0.25, -0.2) is 0 Å². The van der Waals surface area contributed by atoms with Crippen molar-refractivity contribution in [2.45, 2.75) is 91.0 Å². The average Bonchev–Trinajstić information content (AvgIpc) is 3.41. The van der Waals surface area contributed by atoms with Crippen molar-refractivity contribution in [3.63, 3.8) is 0 Å². The molecule has 8 aromatic carbocycles. The smallest absolute Gasteiger partial charge is 0.0575 e. The van der Waals surface area contributed by atoms with Gasteiger partial charge in [-0.2, -0.15) is 0 Å². The molecule has 0 amide bonds. The van der Waals surface area contributed by atoms with E-state index in [1.165, 1.54) is 66.6 Å². The van der Waals surface area contributed by atoms with Gasteiger partial charge < -0.3 is 20.0 Å². The van der Waals surface area contributed by atoms with Gasteiger partial charge in [0.15, 0.2) is 0 Å². The Labute approximate surface area is 423 Å². The molecule has 2 aliphatic carbocycles. The maximum absolute atomic E-state index is 3.69. The van der Waals surface area contributed by atoms with Gasteiger partial charge in [0.05, 0.1) is 11.4 Å². The second-order valence-electron chi connectivity index (χ2n) is 20.0. The number of aryl methyl sites for hydroxylation is 1.